The minimum atomic E-state index is 0. The molecule has 0 aromatic heterocycles. The molecule has 0 aromatic rings. The highest BCUT2D eigenvalue weighted by Crippen LogP contribution is 1.87. The van der Waals surface area contributed by atoms with E-state index in [0.717, 1.165) is 58.2 Å². The number of guanidine groups is 1. The van der Waals surface area contributed by atoms with E-state index in [2.05, 4.69) is 27.6 Å². The van der Waals surface area contributed by atoms with E-state index in [1.165, 1.54) is 0 Å². The van der Waals surface area contributed by atoms with E-state index < -0.39 is 0 Å². The van der Waals surface area contributed by atoms with Crippen LogP contribution in [0.25, 0.3) is 0 Å². The van der Waals surface area contributed by atoms with Crippen LogP contribution in [0, 0.1) is 0 Å². The molecule has 0 spiro atoms. The summed E-state index contributed by atoms with van der Waals surface area (Å²) >= 11 is 0. The lowest BCUT2D eigenvalue weighted by Crippen LogP contribution is -2.41. The maximum atomic E-state index is 5.03. The monoisotopic (exact) mass is 402 g/mol. The van der Waals surface area contributed by atoms with Crippen LogP contribution >= 0.6 is 24.0 Å². The van der Waals surface area contributed by atoms with E-state index >= 15 is 0 Å². The SMILES string of the molecule is CN=C(NCCCOC)NCCN(C)CCCOC.I. The van der Waals surface area contributed by atoms with E-state index in [0.29, 0.717) is 0 Å². The van der Waals surface area contributed by atoms with E-state index in [1.807, 2.05) is 0 Å². The Bertz CT molecular complexity index is 230. The zero-order valence-electron chi connectivity index (χ0n) is 13.3. The Hall–Kier alpha value is -0.120. The summed E-state index contributed by atoms with van der Waals surface area (Å²) in [7, 11) is 7.35. The number of halogens is 1. The van der Waals surface area contributed by atoms with Gasteiger partial charge in [0.25, 0.3) is 0 Å². The van der Waals surface area contributed by atoms with Gasteiger partial charge in [-0.05, 0) is 19.9 Å². The van der Waals surface area contributed by atoms with Crippen molar-refractivity contribution in [3.05, 3.63) is 0 Å². The molecule has 20 heavy (non-hydrogen) atoms. The Morgan fingerprint density at radius 3 is 2.20 bits per heavy atom. The van der Waals surface area contributed by atoms with Crippen molar-refractivity contribution in [2.75, 3.05) is 67.7 Å². The largest absolute Gasteiger partial charge is 0.385 e. The van der Waals surface area contributed by atoms with Crippen molar-refractivity contribution in [3.8, 4) is 0 Å². The number of methoxy groups -OCH3 is 2. The first-order valence-corrected chi connectivity index (χ1v) is 6.85. The number of nitrogens with one attached hydrogen (secondary N) is 2. The predicted molar refractivity (Wildman–Crippen MR) is 95.3 cm³/mol. The van der Waals surface area contributed by atoms with Gasteiger partial charge >= 0.3 is 0 Å². The quantitative estimate of drug-likeness (QED) is 0.232. The van der Waals surface area contributed by atoms with Crippen LogP contribution in [0.3, 0.4) is 0 Å². The molecule has 6 nitrogen and oxygen atoms in total. The maximum Gasteiger partial charge on any atom is 0.191 e. The summed E-state index contributed by atoms with van der Waals surface area (Å²) in [5, 5.41) is 6.54. The molecule has 0 saturated carbocycles. The van der Waals surface area contributed by atoms with Crippen molar-refractivity contribution >= 4 is 29.9 Å². The van der Waals surface area contributed by atoms with Crippen molar-refractivity contribution in [1.29, 1.82) is 0 Å². The predicted octanol–water partition coefficient (Wildman–Crippen LogP) is 0.774. The highest BCUT2D eigenvalue weighted by molar-refractivity contribution is 14.0. The number of hydrogen-bond donors (Lipinski definition) is 2. The molecule has 122 valence electrons. The Balaban J connectivity index is 0. The molecule has 0 aromatic carbocycles. The molecule has 7 heteroatoms. The van der Waals surface area contributed by atoms with Gasteiger partial charge in [-0.25, -0.2) is 0 Å². The minimum absolute atomic E-state index is 0. The van der Waals surface area contributed by atoms with Gasteiger partial charge in [0, 0.05) is 60.7 Å². The molecule has 0 amide bonds. The topological polar surface area (TPSA) is 58.1 Å². The highest BCUT2D eigenvalue weighted by atomic mass is 127. The van der Waals surface area contributed by atoms with Gasteiger partial charge in [0.1, 0.15) is 0 Å². The maximum absolute atomic E-state index is 5.03. The van der Waals surface area contributed by atoms with Gasteiger partial charge in [-0.15, -0.1) is 24.0 Å². The smallest absolute Gasteiger partial charge is 0.191 e. The first-order chi connectivity index (χ1) is 9.24. The van der Waals surface area contributed by atoms with Crippen LogP contribution < -0.4 is 10.6 Å². The molecule has 0 atom stereocenters. The third kappa shape index (κ3) is 14.3. The van der Waals surface area contributed by atoms with Crippen LogP contribution in [0.5, 0.6) is 0 Å². The van der Waals surface area contributed by atoms with Crippen LogP contribution in [0.4, 0.5) is 0 Å². The molecule has 0 radical (unpaired) electrons. The van der Waals surface area contributed by atoms with Crippen molar-refractivity contribution in [2.24, 2.45) is 4.99 Å². The number of hydrogen-bond acceptors (Lipinski definition) is 4. The fraction of sp³-hybridized carbons (Fsp3) is 0.923. The molecule has 0 bridgehead atoms. The summed E-state index contributed by atoms with van der Waals surface area (Å²) in [5.74, 6) is 0.849. The average molecular weight is 402 g/mol. The van der Waals surface area contributed by atoms with Crippen molar-refractivity contribution in [3.63, 3.8) is 0 Å². The van der Waals surface area contributed by atoms with Gasteiger partial charge < -0.3 is 25.0 Å². The second kappa shape index (κ2) is 16.9. The fourth-order valence-corrected chi connectivity index (χ4v) is 1.60. The summed E-state index contributed by atoms with van der Waals surface area (Å²) < 4.78 is 10.0. The normalized spacial score (nSPS) is 11.3. The molecule has 0 heterocycles. The molecule has 0 rings (SSSR count). The van der Waals surface area contributed by atoms with E-state index in [9.17, 15) is 0 Å². The van der Waals surface area contributed by atoms with Gasteiger partial charge in [-0.1, -0.05) is 0 Å². The van der Waals surface area contributed by atoms with Crippen LogP contribution in [-0.2, 0) is 9.47 Å². The van der Waals surface area contributed by atoms with Crippen LogP contribution in [0.2, 0.25) is 0 Å². The van der Waals surface area contributed by atoms with Crippen molar-refractivity contribution in [1.82, 2.24) is 15.5 Å². The molecular weight excluding hydrogens is 371 g/mol. The molecule has 2 N–H and O–H groups in total. The van der Waals surface area contributed by atoms with Crippen LogP contribution in [0.1, 0.15) is 12.8 Å². The van der Waals surface area contributed by atoms with E-state index in [1.54, 1.807) is 21.3 Å². The van der Waals surface area contributed by atoms with Gasteiger partial charge in [0.2, 0.25) is 0 Å². The zero-order valence-corrected chi connectivity index (χ0v) is 15.6. The zero-order chi connectivity index (χ0) is 14.3. The lowest BCUT2D eigenvalue weighted by Gasteiger charge is -2.18. The number of rotatable bonds is 11. The molecule has 0 saturated heterocycles. The molecule has 0 fully saturated rings. The Morgan fingerprint density at radius 2 is 1.60 bits per heavy atom. The lowest BCUT2D eigenvalue weighted by atomic mass is 10.4. The molecule has 0 aliphatic heterocycles. The minimum Gasteiger partial charge on any atom is -0.385 e. The number of ether oxygens (including phenoxy) is 2. The first kappa shape index (κ1) is 22.2. The number of nitrogens with zero attached hydrogens (tertiary/aromatic N) is 2. The third-order valence-corrected chi connectivity index (χ3v) is 2.72. The summed E-state index contributed by atoms with van der Waals surface area (Å²) in [6, 6.07) is 0. The van der Waals surface area contributed by atoms with Crippen molar-refractivity contribution < 1.29 is 9.47 Å². The second-order valence-electron chi connectivity index (χ2n) is 4.42. The molecule has 0 unspecified atom stereocenters. The van der Waals surface area contributed by atoms with Crippen molar-refractivity contribution in [2.45, 2.75) is 12.8 Å². The summed E-state index contributed by atoms with van der Waals surface area (Å²) in [4.78, 5) is 6.46. The van der Waals surface area contributed by atoms with E-state index in [-0.39, 0.29) is 24.0 Å². The molecule has 0 aliphatic rings. The summed E-state index contributed by atoms with van der Waals surface area (Å²) in [5.41, 5.74) is 0. The summed E-state index contributed by atoms with van der Waals surface area (Å²) in [6.07, 6.45) is 2.05. The Morgan fingerprint density at radius 1 is 1.00 bits per heavy atom. The average Bonchev–Trinajstić information content (AvgIpc) is 2.41. The Labute approximate surface area is 140 Å². The standard InChI is InChI=1S/C13H30N4O2.HI/c1-14-13(15-7-5-11-18-3)16-8-10-17(2)9-6-12-19-4;/h5-12H2,1-4H3,(H2,14,15,16);1H. The first-order valence-electron chi connectivity index (χ1n) is 6.85. The van der Waals surface area contributed by atoms with Gasteiger partial charge in [0.05, 0.1) is 0 Å². The van der Waals surface area contributed by atoms with Crippen LogP contribution in [0.15, 0.2) is 4.99 Å². The van der Waals surface area contributed by atoms with Gasteiger partial charge in [0.15, 0.2) is 5.96 Å². The summed E-state index contributed by atoms with van der Waals surface area (Å²) in [6.45, 7) is 5.38. The number of likely N-dealkylation sites (N-methyl/N-ethyl adjacent to an activating group) is 1. The van der Waals surface area contributed by atoms with Gasteiger partial charge in [-0.2, -0.15) is 0 Å². The third-order valence-electron chi connectivity index (χ3n) is 2.72. The van der Waals surface area contributed by atoms with Crippen LogP contribution in [-0.4, -0.2) is 78.6 Å². The number of aliphatic imine (C=N–C) groups is 1. The molecular formula is C13H31IN4O2. The fourth-order valence-electron chi connectivity index (χ4n) is 1.60. The Kier molecular flexibility index (Phi) is 18.8. The van der Waals surface area contributed by atoms with Gasteiger partial charge in [-0.3, -0.25) is 4.99 Å². The second-order valence-corrected chi connectivity index (χ2v) is 4.42. The lowest BCUT2D eigenvalue weighted by molar-refractivity contribution is 0.180. The molecule has 0 aliphatic carbocycles. The highest BCUT2D eigenvalue weighted by Gasteiger charge is 2.00. The van der Waals surface area contributed by atoms with E-state index in [4.69, 9.17) is 9.47 Å².